The van der Waals surface area contributed by atoms with Crippen molar-refractivity contribution in [1.29, 1.82) is 0 Å². The van der Waals surface area contributed by atoms with E-state index in [1.54, 1.807) is 0 Å². The first kappa shape index (κ1) is 17.6. The zero-order valence-electron chi connectivity index (χ0n) is 14.7. The summed E-state index contributed by atoms with van der Waals surface area (Å²) in [6, 6.07) is 3.79. The standard InChI is InChI=1S/C18H28N2O3/c1-10(2)14-6-7-15(19-14)13-8-12(13)9-16(21)17(11(3)4)20-18(22)23-5/h6-7,10-13,17,19H,8-9H2,1-5H3,(H,20,22)/t12-,13+,17-/m0/s1. The lowest BCUT2D eigenvalue weighted by molar-refractivity contribution is -0.122. The zero-order valence-corrected chi connectivity index (χ0v) is 14.7. The quantitative estimate of drug-likeness (QED) is 0.806. The highest BCUT2D eigenvalue weighted by molar-refractivity contribution is 5.88. The van der Waals surface area contributed by atoms with Gasteiger partial charge in [-0.15, -0.1) is 0 Å². The summed E-state index contributed by atoms with van der Waals surface area (Å²) < 4.78 is 4.61. The molecule has 0 unspecified atom stereocenters. The Morgan fingerprint density at radius 3 is 2.52 bits per heavy atom. The summed E-state index contributed by atoms with van der Waals surface area (Å²) in [4.78, 5) is 27.4. The molecule has 0 spiro atoms. The number of ether oxygens (including phenoxy) is 1. The number of alkyl carbamates (subject to hydrolysis) is 1. The summed E-state index contributed by atoms with van der Waals surface area (Å²) in [5.41, 5.74) is 2.47. The molecule has 1 saturated carbocycles. The second kappa shape index (κ2) is 7.20. The van der Waals surface area contributed by atoms with Crippen molar-refractivity contribution in [3.63, 3.8) is 0 Å². The Kier molecular flexibility index (Phi) is 5.50. The molecule has 2 rings (SSSR count). The van der Waals surface area contributed by atoms with Crippen LogP contribution in [0.3, 0.4) is 0 Å². The van der Waals surface area contributed by atoms with Crippen LogP contribution in [0.1, 0.15) is 63.8 Å². The van der Waals surface area contributed by atoms with Gasteiger partial charge in [0.2, 0.25) is 0 Å². The zero-order chi connectivity index (χ0) is 17.1. The van der Waals surface area contributed by atoms with E-state index in [9.17, 15) is 9.59 Å². The molecule has 0 aliphatic heterocycles. The first-order chi connectivity index (χ1) is 10.8. The Hall–Kier alpha value is -1.78. The lowest BCUT2D eigenvalue weighted by atomic mass is 9.96. The number of carbonyl (C=O) groups is 2. The topological polar surface area (TPSA) is 71.2 Å². The molecule has 0 radical (unpaired) electrons. The Labute approximate surface area is 138 Å². The van der Waals surface area contributed by atoms with E-state index in [2.05, 4.69) is 41.0 Å². The van der Waals surface area contributed by atoms with E-state index in [4.69, 9.17) is 0 Å². The lowest BCUT2D eigenvalue weighted by Crippen LogP contribution is -2.44. The Morgan fingerprint density at radius 2 is 2.00 bits per heavy atom. The maximum atomic E-state index is 12.5. The van der Waals surface area contributed by atoms with Gasteiger partial charge in [0.05, 0.1) is 13.2 Å². The largest absolute Gasteiger partial charge is 0.453 e. The maximum Gasteiger partial charge on any atom is 0.407 e. The minimum atomic E-state index is -0.546. The molecule has 1 amide bonds. The van der Waals surface area contributed by atoms with Crippen LogP contribution in [0.4, 0.5) is 4.79 Å². The molecule has 1 aromatic rings. The number of ketones is 1. The van der Waals surface area contributed by atoms with E-state index >= 15 is 0 Å². The SMILES string of the molecule is COC(=O)N[C@H](C(=O)C[C@@H]1C[C@H]1c1ccc(C(C)C)[nH]1)C(C)C. The van der Waals surface area contributed by atoms with Gasteiger partial charge in [-0.25, -0.2) is 4.79 Å². The van der Waals surface area contributed by atoms with Crippen molar-refractivity contribution >= 4 is 11.9 Å². The highest BCUT2D eigenvalue weighted by Gasteiger charge is 2.42. The predicted molar refractivity (Wildman–Crippen MR) is 89.5 cm³/mol. The molecule has 5 nitrogen and oxygen atoms in total. The number of methoxy groups -OCH3 is 1. The molecule has 2 N–H and O–H groups in total. The number of nitrogens with one attached hydrogen (secondary N) is 2. The number of hydrogen-bond acceptors (Lipinski definition) is 3. The smallest absolute Gasteiger partial charge is 0.407 e. The fourth-order valence-electron chi connectivity index (χ4n) is 3.03. The van der Waals surface area contributed by atoms with Crippen LogP contribution in [0, 0.1) is 11.8 Å². The molecule has 128 valence electrons. The number of aromatic nitrogens is 1. The summed E-state index contributed by atoms with van der Waals surface area (Å²) in [6.07, 6.45) is 0.996. The average molecular weight is 320 g/mol. The first-order valence-corrected chi connectivity index (χ1v) is 8.39. The van der Waals surface area contributed by atoms with E-state index < -0.39 is 12.1 Å². The summed E-state index contributed by atoms with van der Waals surface area (Å²) in [5.74, 6) is 1.45. The van der Waals surface area contributed by atoms with E-state index in [1.165, 1.54) is 18.5 Å². The summed E-state index contributed by atoms with van der Waals surface area (Å²) in [5, 5.41) is 2.65. The molecular formula is C18H28N2O3. The van der Waals surface area contributed by atoms with Crippen molar-refractivity contribution < 1.29 is 14.3 Å². The van der Waals surface area contributed by atoms with Gasteiger partial charge in [0.1, 0.15) is 0 Å². The monoisotopic (exact) mass is 320 g/mol. The fourth-order valence-corrected chi connectivity index (χ4v) is 3.03. The third-order valence-electron chi connectivity index (χ3n) is 4.61. The second-order valence-corrected chi connectivity index (χ2v) is 7.15. The lowest BCUT2D eigenvalue weighted by Gasteiger charge is -2.20. The summed E-state index contributed by atoms with van der Waals surface area (Å²) in [7, 11) is 1.31. The second-order valence-electron chi connectivity index (χ2n) is 7.15. The van der Waals surface area contributed by atoms with Crippen LogP contribution < -0.4 is 5.32 Å². The molecule has 23 heavy (non-hydrogen) atoms. The van der Waals surface area contributed by atoms with Crippen LogP contribution >= 0.6 is 0 Å². The number of Topliss-reactive ketones (excluding diaryl/α,β-unsaturated/α-hetero) is 1. The number of amides is 1. The van der Waals surface area contributed by atoms with E-state index in [0.717, 1.165) is 6.42 Å². The van der Waals surface area contributed by atoms with Crippen molar-refractivity contribution in [3.8, 4) is 0 Å². The molecule has 3 atom stereocenters. The molecule has 1 aliphatic rings. The minimum Gasteiger partial charge on any atom is -0.453 e. The van der Waals surface area contributed by atoms with Crippen LogP contribution in [-0.2, 0) is 9.53 Å². The Balaban J connectivity index is 1.91. The molecule has 0 saturated heterocycles. The third kappa shape index (κ3) is 4.36. The van der Waals surface area contributed by atoms with Gasteiger partial charge in [0.15, 0.2) is 5.78 Å². The van der Waals surface area contributed by atoms with Gasteiger partial charge in [-0.2, -0.15) is 0 Å². The van der Waals surface area contributed by atoms with Crippen molar-refractivity contribution in [2.75, 3.05) is 7.11 Å². The molecular weight excluding hydrogens is 292 g/mol. The van der Waals surface area contributed by atoms with Crippen LogP contribution in [-0.4, -0.2) is 30.0 Å². The number of H-pyrrole nitrogens is 1. The van der Waals surface area contributed by atoms with Crippen molar-refractivity contribution in [3.05, 3.63) is 23.5 Å². The van der Waals surface area contributed by atoms with Gasteiger partial charge in [-0.05, 0) is 36.3 Å². The van der Waals surface area contributed by atoms with Crippen molar-refractivity contribution in [1.82, 2.24) is 10.3 Å². The average Bonchev–Trinajstić information content (AvgIpc) is 3.07. The third-order valence-corrected chi connectivity index (χ3v) is 4.61. The van der Waals surface area contributed by atoms with Gasteiger partial charge in [-0.1, -0.05) is 27.7 Å². The molecule has 0 bridgehead atoms. The van der Waals surface area contributed by atoms with Gasteiger partial charge < -0.3 is 15.0 Å². The van der Waals surface area contributed by atoms with Crippen LogP contribution in [0.2, 0.25) is 0 Å². The highest BCUT2D eigenvalue weighted by Crippen LogP contribution is 2.49. The fraction of sp³-hybridized carbons (Fsp3) is 0.667. The van der Waals surface area contributed by atoms with E-state index in [1.807, 2.05) is 13.8 Å². The number of rotatable bonds is 7. The summed E-state index contributed by atoms with van der Waals surface area (Å²) >= 11 is 0. The number of hydrogen-bond donors (Lipinski definition) is 2. The maximum absolute atomic E-state index is 12.5. The van der Waals surface area contributed by atoms with Gasteiger partial charge in [-0.3, -0.25) is 4.79 Å². The van der Waals surface area contributed by atoms with E-state index in [0.29, 0.717) is 24.2 Å². The molecule has 0 aromatic carbocycles. The van der Waals surface area contributed by atoms with Gasteiger partial charge in [0.25, 0.3) is 0 Å². The Morgan fingerprint density at radius 1 is 1.30 bits per heavy atom. The molecule has 1 aliphatic carbocycles. The van der Waals surface area contributed by atoms with Gasteiger partial charge in [0, 0.05) is 23.7 Å². The van der Waals surface area contributed by atoms with Crippen LogP contribution in [0.5, 0.6) is 0 Å². The normalized spacial score (nSPS) is 21.3. The van der Waals surface area contributed by atoms with E-state index in [-0.39, 0.29) is 11.7 Å². The molecule has 5 heteroatoms. The minimum absolute atomic E-state index is 0.0526. The highest BCUT2D eigenvalue weighted by atomic mass is 16.5. The van der Waals surface area contributed by atoms with Crippen molar-refractivity contribution in [2.45, 2.75) is 58.4 Å². The molecule has 1 fully saturated rings. The first-order valence-electron chi connectivity index (χ1n) is 8.39. The van der Waals surface area contributed by atoms with Crippen LogP contribution in [0.15, 0.2) is 12.1 Å². The molecule has 1 aromatic heterocycles. The predicted octanol–water partition coefficient (Wildman–Crippen LogP) is 3.58. The van der Waals surface area contributed by atoms with Crippen LogP contribution in [0.25, 0.3) is 0 Å². The molecule has 1 heterocycles. The number of aromatic amines is 1. The van der Waals surface area contributed by atoms with Gasteiger partial charge >= 0.3 is 6.09 Å². The van der Waals surface area contributed by atoms with Crippen molar-refractivity contribution in [2.24, 2.45) is 11.8 Å². The number of carbonyl (C=O) groups excluding carboxylic acids is 2. The summed E-state index contributed by atoms with van der Waals surface area (Å²) in [6.45, 7) is 8.19. The Bertz CT molecular complexity index is 562.